The second-order valence-electron chi connectivity index (χ2n) is 4.75. The van der Waals surface area contributed by atoms with Crippen molar-refractivity contribution < 1.29 is 9.47 Å². The predicted molar refractivity (Wildman–Crippen MR) is 68.4 cm³/mol. The van der Waals surface area contributed by atoms with E-state index in [0.29, 0.717) is 13.2 Å². The van der Waals surface area contributed by atoms with Gasteiger partial charge in [-0.3, -0.25) is 0 Å². The first-order valence-electron chi connectivity index (χ1n) is 6.24. The van der Waals surface area contributed by atoms with Crippen LogP contribution in [0.5, 0.6) is 5.75 Å². The van der Waals surface area contributed by atoms with Crippen molar-refractivity contribution in [1.29, 1.82) is 0 Å². The maximum atomic E-state index is 5.75. The minimum absolute atomic E-state index is 0.199. The topological polar surface area (TPSA) is 44.5 Å². The molecule has 0 bridgehead atoms. The molecule has 94 valence electrons. The SMILES string of the molecule is Cc1ccc(OCC2CCC(CN)O2)cc1C. The molecule has 1 aromatic carbocycles. The molecule has 1 heterocycles. The molecule has 1 aromatic rings. The lowest BCUT2D eigenvalue weighted by Gasteiger charge is -2.14. The molecule has 0 spiro atoms. The Kier molecular flexibility index (Phi) is 4.02. The van der Waals surface area contributed by atoms with E-state index in [4.69, 9.17) is 15.2 Å². The molecule has 2 atom stereocenters. The van der Waals surface area contributed by atoms with Crippen LogP contribution in [0.25, 0.3) is 0 Å². The van der Waals surface area contributed by atoms with Crippen molar-refractivity contribution in [2.45, 2.75) is 38.9 Å². The van der Waals surface area contributed by atoms with Crippen molar-refractivity contribution in [3.05, 3.63) is 29.3 Å². The summed E-state index contributed by atoms with van der Waals surface area (Å²) in [6.45, 7) is 5.43. The number of nitrogens with two attached hydrogens (primary N) is 1. The number of hydrogen-bond acceptors (Lipinski definition) is 3. The zero-order valence-electron chi connectivity index (χ0n) is 10.6. The highest BCUT2D eigenvalue weighted by Gasteiger charge is 2.24. The van der Waals surface area contributed by atoms with E-state index in [1.165, 1.54) is 11.1 Å². The van der Waals surface area contributed by atoms with E-state index in [0.717, 1.165) is 18.6 Å². The summed E-state index contributed by atoms with van der Waals surface area (Å²) >= 11 is 0. The Morgan fingerprint density at radius 2 is 2.00 bits per heavy atom. The average Bonchev–Trinajstić information content (AvgIpc) is 2.79. The Morgan fingerprint density at radius 1 is 1.24 bits per heavy atom. The number of hydrogen-bond donors (Lipinski definition) is 1. The van der Waals surface area contributed by atoms with Gasteiger partial charge in [0.05, 0.1) is 12.2 Å². The molecule has 1 aliphatic heterocycles. The van der Waals surface area contributed by atoms with Gasteiger partial charge >= 0.3 is 0 Å². The molecule has 0 aliphatic carbocycles. The van der Waals surface area contributed by atoms with Gasteiger partial charge in [-0.2, -0.15) is 0 Å². The number of rotatable bonds is 4. The van der Waals surface area contributed by atoms with Crippen molar-refractivity contribution in [1.82, 2.24) is 0 Å². The van der Waals surface area contributed by atoms with Crippen molar-refractivity contribution in [3.63, 3.8) is 0 Å². The van der Waals surface area contributed by atoms with Crippen LogP contribution in [-0.4, -0.2) is 25.4 Å². The Balaban J connectivity index is 1.84. The van der Waals surface area contributed by atoms with E-state index in [1.54, 1.807) is 0 Å². The molecule has 0 radical (unpaired) electrons. The molecule has 1 saturated heterocycles. The van der Waals surface area contributed by atoms with Crippen LogP contribution in [0.15, 0.2) is 18.2 Å². The fraction of sp³-hybridized carbons (Fsp3) is 0.571. The summed E-state index contributed by atoms with van der Waals surface area (Å²) in [5.41, 5.74) is 8.12. The Hall–Kier alpha value is -1.06. The molecule has 1 aliphatic rings. The lowest BCUT2D eigenvalue weighted by atomic mass is 10.1. The van der Waals surface area contributed by atoms with Crippen LogP contribution < -0.4 is 10.5 Å². The minimum atomic E-state index is 0.199. The van der Waals surface area contributed by atoms with Gasteiger partial charge in [0.15, 0.2) is 0 Å². The van der Waals surface area contributed by atoms with Gasteiger partial charge < -0.3 is 15.2 Å². The Bertz CT molecular complexity index is 378. The lowest BCUT2D eigenvalue weighted by Crippen LogP contribution is -2.23. The summed E-state index contributed by atoms with van der Waals surface area (Å²) in [5.74, 6) is 0.924. The molecule has 3 heteroatoms. The van der Waals surface area contributed by atoms with E-state index in [1.807, 2.05) is 6.07 Å². The fourth-order valence-electron chi connectivity index (χ4n) is 2.07. The second kappa shape index (κ2) is 5.52. The van der Waals surface area contributed by atoms with Gasteiger partial charge in [0.25, 0.3) is 0 Å². The largest absolute Gasteiger partial charge is 0.491 e. The summed E-state index contributed by atoms with van der Waals surface area (Å²) in [4.78, 5) is 0. The smallest absolute Gasteiger partial charge is 0.119 e. The number of aryl methyl sites for hydroxylation is 2. The van der Waals surface area contributed by atoms with Gasteiger partial charge in [-0.05, 0) is 49.9 Å². The number of benzene rings is 1. The monoisotopic (exact) mass is 235 g/mol. The van der Waals surface area contributed by atoms with Crippen LogP contribution in [-0.2, 0) is 4.74 Å². The van der Waals surface area contributed by atoms with E-state index < -0.39 is 0 Å². The van der Waals surface area contributed by atoms with Gasteiger partial charge in [0, 0.05) is 6.54 Å². The van der Waals surface area contributed by atoms with E-state index in [2.05, 4.69) is 26.0 Å². The van der Waals surface area contributed by atoms with Gasteiger partial charge in [0.2, 0.25) is 0 Å². The molecular formula is C14H21NO2. The highest BCUT2D eigenvalue weighted by atomic mass is 16.5. The molecular weight excluding hydrogens is 214 g/mol. The average molecular weight is 235 g/mol. The summed E-state index contributed by atoms with van der Waals surface area (Å²) < 4.78 is 11.5. The molecule has 2 rings (SSSR count). The molecule has 1 fully saturated rings. The third kappa shape index (κ3) is 3.20. The van der Waals surface area contributed by atoms with E-state index in [-0.39, 0.29) is 12.2 Å². The zero-order chi connectivity index (χ0) is 12.3. The molecule has 0 amide bonds. The van der Waals surface area contributed by atoms with E-state index in [9.17, 15) is 0 Å². The van der Waals surface area contributed by atoms with Crippen molar-refractivity contribution in [3.8, 4) is 5.75 Å². The van der Waals surface area contributed by atoms with Crippen molar-refractivity contribution in [2.75, 3.05) is 13.2 Å². The second-order valence-corrected chi connectivity index (χ2v) is 4.75. The van der Waals surface area contributed by atoms with Crippen LogP contribution in [0.4, 0.5) is 0 Å². The normalized spacial score (nSPS) is 23.9. The van der Waals surface area contributed by atoms with Gasteiger partial charge in [-0.25, -0.2) is 0 Å². The molecule has 17 heavy (non-hydrogen) atoms. The quantitative estimate of drug-likeness (QED) is 0.870. The van der Waals surface area contributed by atoms with Gasteiger partial charge in [0.1, 0.15) is 12.4 Å². The first-order valence-corrected chi connectivity index (χ1v) is 6.24. The van der Waals surface area contributed by atoms with Crippen molar-refractivity contribution in [2.24, 2.45) is 5.73 Å². The summed E-state index contributed by atoms with van der Waals surface area (Å²) in [6.07, 6.45) is 2.53. The van der Waals surface area contributed by atoms with Crippen molar-refractivity contribution >= 4 is 0 Å². The summed E-state index contributed by atoms with van der Waals surface area (Å²) in [5, 5.41) is 0. The van der Waals surface area contributed by atoms with Crippen LogP contribution in [0.3, 0.4) is 0 Å². The Labute approximate surface area is 103 Å². The number of ether oxygens (including phenoxy) is 2. The summed E-state index contributed by atoms with van der Waals surface area (Å²) in [6, 6.07) is 6.17. The maximum Gasteiger partial charge on any atom is 0.119 e. The molecule has 2 unspecified atom stereocenters. The lowest BCUT2D eigenvalue weighted by molar-refractivity contribution is 0.0222. The Morgan fingerprint density at radius 3 is 2.65 bits per heavy atom. The van der Waals surface area contributed by atoms with E-state index >= 15 is 0 Å². The fourth-order valence-corrected chi connectivity index (χ4v) is 2.07. The zero-order valence-corrected chi connectivity index (χ0v) is 10.6. The van der Waals surface area contributed by atoms with Crippen LogP contribution in [0.1, 0.15) is 24.0 Å². The highest BCUT2D eigenvalue weighted by molar-refractivity contribution is 5.33. The predicted octanol–water partition coefficient (Wildman–Crippen LogP) is 2.19. The molecule has 3 nitrogen and oxygen atoms in total. The first kappa shape index (κ1) is 12.4. The third-order valence-corrected chi connectivity index (χ3v) is 3.37. The minimum Gasteiger partial charge on any atom is -0.491 e. The summed E-state index contributed by atoms with van der Waals surface area (Å²) in [7, 11) is 0. The third-order valence-electron chi connectivity index (χ3n) is 3.37. The van der Waals surface area contributed by atoms with Crippen LogP contribution in [0, 0.1) is 13.8 Å². The molecule has 2 N–H and O–H groups in total. The molecule has 0 saturated carbocycles. The maximum absolute atomic E-state index is 5.75. The first-order chi connectivity index (χ1) is 8.19. The van der Waals surface area contributed by atoms with Gasteiger partial charge in [-0.1, -0.05) is 6.07 Å². The van der Waals surface area contributed by atoms with Crippen LogP contribution >= 0.6 is 0 Å². The highest BCUT2D eigenvalue weighted by Crippen LogP contribution is 2.21. The van der Waals surface area contributed by atoms with Gasteiger partial charge in [-0.15, -0.1) is 0 Å². The standard InChI is InChI=1S/C14H21NO2/c1-10-3-4-12(7-11(10)2)16-9-14-6-5-13(8-15)17-14/h3-4,7,13-14H,5-6,8-9,15H2,1-2H3. The van der Waals surface area contributed by atoms with Crippen LogP contribution in [0.2, 0.25) is 0 Å². The molecule has 0 aromatic heterocycles.